The zero-order valence-electron chi connectivity index (χ0n) is 9.96. The molecule has 0 aliphatic carbocycles. The van der Waals surface area contributed by atoms with Gasteiger partial charge in [-0.3, -0.25) is 0 Å². The summed E-state index contributed by atoms with van der Waals surface area (Å²) in [7, 11) is 0. The molecule has 1 unspecified atom stereocenters. The van der Waals surface area contributed by atoms with Crippen molar-refractivity contribution in [2.24, 2.45) is 0 Å². The number of nitrogens with one attached hydrogen (secondary N) is 1. The molecule has 1 aromatic rings. The smallest absolute Gasteiger partial charge is 0.375 e. The van der Waals surface area contributed by atoms with Gasteiger partial charge in [-0.2, -0.15) is 13.2 Å². The van der Waals surface area contributed by atoms with Gasteiger partial charge in [0.05, 0.1) is 19.3 Å². The highest BCUT2D eigenvalue weighted by atomic mass is 19.4. The van der Waals surface area contributed by atoms with Gasteiger partial charge in [-0.25, -0.2) is 0 Å². The molecule has 1 N–H and O–H groups in total. The van der Waals surface area contributed by atoms with E-state index in [0.717, 1.165) is 11.1 Å². The highest BCUT2D eigenvalue weighted by Gasteiger charge is 2.26. The number of rotatable bonds is 4. The molecule has 0 radical (unpaired) electrons. The first-order chi connectivity index (χ1) is 8.56. The maximum atomic E-state index is 12.0. The summed E-state index contributed by atoms with van der Waals surface area (Å²) in [5.74, 6) is 0. The molecule has 0 aromatic heterocycles. The van der Waals surface area contributed by atoms with Crippen LogP contribution < -0.4 is 5.32 Å². The fourth-order valence-electron chi connectivity index (χ4n) is 2.12. The number of fused-ring (bicyclic) bond motifs is 1. The van der Waals surface area contributed by atoms with Gasteiger partial charge in [-0.05, 0) is 24.1 Å². The zero-order chi connectivity index (χ0) is 13.0. The average molecular weight is 259 g/mol. The summed E-state index contributed by atoms with van der Waals surface area (Å²) in [5, 5.41) is 3.13. The van der Waals surface area contributed by atoms with E-state index in [-0.39, 0.29) is 12.5 Å². The van der Waals surface area contributed by atoms with Crippen molar-refractivity contribution < 1.29 is 17.9 Å². The van der Waals surface area contributed by atoms with E-state index < -0.39 is 12.6 Å². The fourth-order valence-corrected chi connectivity index (χ4v) is 2.12. The fraction of sp³-hybridized carbons (Fsp3) is 0.538. The third kappa shape index (κ3) is 3.71. The summed E-state index contributed by atoms with van der Waals surface area (Å²) in [6.07, 6.45) is -4.71. The lowest BCUT2D eigenvalue weighted by atomic mass is 9.99. The van der Waals surface area contributed by atoms with E-state index in [1.54, 1.807) is 0 Å². The molecule has 1 aromatic carbocycles. The predicted molar refractivity (Wildman–Crippen MR) is 62.1 cm³/mol. The van der Waals surface area contributed by atoms with Crippen molar-refractivity contribution in [3.63, 3.8) is 0 Å². The van der Waals surface area contributed by atoms with Gasteiger partial charge in [0.15, 0.2) is 0 Å². The van der Waals surface area contributed by atoms with E-state index in [1.165, 1.54) is 0 Å². The third-order valence-corrected chi connectivity index (χ3v) is 3.00. The van der Waals surface area contributed by atoms with E-state index in [9.17, 15) is 13.2 Å². The van der Waals surface area contributed by atoms with Crippen LogP contribution in [0.5, 0.6) is 0 Å². The lowest BCUT2D eigenvalue weighted by molar-refractivity contribution is -0.135. The number of hydrogen-bond acceptors (Lipinski definition) is 2. The van der Waals surface area contributed by atoms with Gasteiger partial charge in [-0.15, -0.1) is 0 Å². The Labute approximate surface area is 104 Å². The lowest BCUT2D eigenvalue weighted by Gasteiger charge is -2.26. The van der Waals surface area contributed by atoms with Gasteiger partial charge >= 0.3 is 6.18 Å². The van der Waals surface area contributed by atoms with E-state index in [0.29, 0.717) is 19.8 Å². The van der Waals surface area contributed by atoms with Crippen LogP contribution in [0, 0.1) is 0 Å². The standard InChI is InChI=1S/C13H16F3NO/c14-13(15,16)6-3-7-17-12-9-18-8-10-4-1-2-5-11(10)12/h1-2,4-5,12,17H,3,6-9H2. The Bertz CT molecular complexity index is 392. The summed E-state index contributed by atoms with van der Waals surface area (Å²) in [5.41, 5.74) is 2.24. The molecule has 1 heterocycles. The van der Waals surface area contributed by atoms with Crippen LogP contribution in [0.4, 0.5) is 13.2 Å². The van der Waals surface area contributed by atoms with Crippen LogP contribution in [-0.4, -0.2) is 19.3 Å². The highest BCUT2D eigenvalue weighted by molar-refractivity contribution is 5.30. The molecule has 1 atom stereocenters. The van der Waals surface area contributed by atoms with Crippen LogP contribution in [0.2, 0.25) is 0 Å². The van der Waals surface area contributed by atoms with Gasteiger partial charge in [0, 0.05) is 6.42 Å². The second-order valence-electron chi connectivity index (χ2n) is 4.44. The molecule has 2 nitrogen and oxygen atoms in total. The molecule has 18 heavy (non-hydrogen) atoms. The van der Waals surface area contributed by atoms with Crippen LogP contribution in [0.3, 0.4) is 0 Å². The van der Waals surface area contributed by atoms with Gasteiger partial charge in [0.2, 0.25) is 0 Å². The Morgan fingerprint density at radius 3 is 2.83 bits per heavy atom. The lowest BCUT2D eigenvalue weighted by Crippen LogP contribution is -2.30. The van der Waals surface area contributed by atoms with Crippen LogP contribution in [0.15, 0.2) is 24.3 Å². The van der Waals surface area contributed by atoms with Gasteiger partial charge in [-0.1, -0.05) is 24.3 Å². The van der Waals surface area contributed by atoms with Crippen molar-refractivity contribution in [2.45, 2.75) is 31.7 Å². The minimum atomic E-state index is -4.07. The maximum Gasteiger partial charge on any atom is 0.389 e. The van der Waals surface area contributed by atoms with Crippen molar-refractivity contribution in [3.8, 4) is 0 Å². The summed E-state index contributed by atoms with van der Waals surface area (Å²) in [6, 6.07) is 7.86. The molecule has 5 heteroatoms. The van der Waals surface area contributed by atoms with E-state index in [1.807, 2.05) is 24.3 Å². The molecule has 1 aliphatic heterocycles. The first-order valence-corrected chi connectivity index (χ1v) is 6.02. The molecule has 100 valence electrons. The van der Waals surface area contributed by atoms with Crippen LogP contribution in [0.25, 0.3) is 0 Å². The number of alkyl halides is 3. The topological polar surface area (TPSA) is 21.3 Å². The monoisotopic (exact) mass is 259 g/mol. The zero-order valence-corrected chi connectivity index (χ0v) is 9.96. The molecule has 0 spiro atoms. The molecule has 2 rings (SSSR count). The summed E-state index contributed by atoms with van der Waals surface area (Å²) in [6.45, 7) is 1.45. The SMILES string of the molecule is FC(F)(F)CCCNC1COCc2ccccc21. The Hall–Kier alpha value is -1.07. The minimum Gasteiger partial charge on any atom is -0.375 e. The highest BCUT2D eigenvalue weighted by Crippen LogP contribution is 2.25. The summed E-state index contributed by atoms with van der Waals surface area (Å²) >= 11 is 0. The molecule has 0 amide bonds. The second kappa shape index (κ2) is 5.71. The van der Waals surface area contributed by atoms with Crippen molar-refractivity contribution >= 4 is 0 Å². The predicted octanol–water partition coefficient (Wildman–Crippen LogP) is 3.19. The molecule has 0 saturated heterocycles. The number of ether oxygens (including phenoxy) is 1. The molecule has 1 aliphatic rings. The van der Waals surface area contributed by atoms with Crippen molar-refractivity contribution in [1.82, 2.24) is 5.32 Å². The van der Waals surface area contributed by atoms with E-state index in [4.69, 9.17) is 4.74 Å². The van der Waals surface area contributed by atoms with E-state index >= 15 is 0 Å². The quantitative estimate of drug-likeness (QED) is 0.838. The van der Waals surface area contributed by atoms with Crippen LogP contribution in [0.1, 0.15) is 30.0 Å². The summed E-state index contributed by atoms with van der Waals surface area (Å²) < 4.78 is 41.4. The second-order valence-corrected chi connectivity index (χ2v) is 4.44. The maximum absolute atomic E-state index is 12.0. The Morgan fingerprint density at radius 1 is 1.28 bits per heavy atom. The molecule has 0 bridgehead atoms. The third-order valence-electron chi connectivity index (χ3n) is 3.00. The molecular weight excluding hydrogens is 243 g/mol. The molecule has 0 saturated carbocycles. The summed E-state index contributed by atoms with van der Waals surface area (Å²) in [4.78, 5) is 0. The van der Waals surface area contributed by atoms with Gasteiger partial charge < -0.3 is 10.1 Å². The minimum absolute atomic E-state index is 0.00295. The van der Waals surface area contributed by atoms with Crippen molar-refractivity contribution in [1.29, 1.82) is 0 Å². The largest absolute Gasteiger partial charge is 0.389 e. The number of halogens is 3. The normalized spacial score (nSPS) is 19.6. The van der Waals surface area contributed by atoms with Crippen LogP contribution in [-0.2, 0) is 11.3 Å². The van der Waals surface area contributed by atoms with Crippen molar-refractivity contribution in [3.05, 3.63) is 35.4 Å². The number of benzene rings is 1. The Morgan fingerprint density at radius 2 is 2.06 bits per heavy atom. The Balaban J connectivity index is 1.84. The average Bonchev–Trinajstić information content (AvgIpc) is 2.33. The Kier molecular flexibility index (Phi) is 4.24. The molecular formula is C13H16F3NO. The van der Waals surface area contributed by atoms with Gasteiger partial charge in [0.25, 0.3) is 0 Å². The number of hydrogen-bond donors (Lipinski definition) is 1. The van der Waals surface area contributed by atoms with Crippen LogP contribution >= 0.6 is 0 Å². The van der Waals surface area contributed by atoms with Crippen molar-refractivity contribution in [2.75, 3.05) is 13.2 Å². The molecule has 0 fully saturated rings. The van der Waals surface area contributed by atoms with Gasteiger partial charge in [0.1, 0.15) is 0 Å². The first kappa shape index (κ1) is 13.4. The first-order valence-electron chi connectivity index (χ1n) is 6.02. The van der Waals surface area contributed by atoms with E-state index in [2.05, 4.69) is 5.32 Å².